The zero-order chi connectivity index (χ0) is 37.5. The third-order valence-electron chi connectivity index (χ3n) is 8.90. The molecule has 0 saturated heterocycles. The number of allylic oxidation sites excluding steroid dienone is 4. The van der Waals surface area contributed by atoms with Gasteiger partial charge in [-0.25, -0.2) is 0 Å². The number of hydrazine groups is 1. The normalized spacial score (nSPS) is 11.5. The van der Waals surface area contributed by atoms with Crippen molar-refractivity contribution in [3.63, 3.8) is 0 Å². The first-order valence-corrected chi connectivity index (χ1v) is 18.6. The molecule has 1 atom stereocenters. The quantitative estimate of drug-likeness (QED) is 0.0900. The lowest BCUT2D eigenvalue weighted by Gasteiger charge is -2.18. The van der Waals surface area contributed by atoms with Crippen molar-refractivity contribution in [1.29, 1.82) is 0 Å². The smallest absolute Gasteiger partial charge is 0.0551 e. The lowest BCUT2D eigenvalue weighted by molar-refractivity contribution is 0.872. The van der Waals surface area contributed by atoms with Crippen LogP contribution in [0.1, 0.15) is 51.8 Å². The van der Waals surface area contributed by atoms with Gasteiger partial charge in [0.2, 0.25) is 0 Å². The molecule has 1 unspecified atom stereocenters. The van der Waals surface area contributed by atoms with Gasteiger partial charge in [0, 0.05) is 10.0 Å². The Morgan fingerprint density at radius 3 is 1.52 bits per heavy atom. The molecule has 0 radical (unpaired) electrons. The second-order valence-electron chi connectivity index (χ2n) is 12.0. The SMILES string of the molecule is C/C=C\C(C)=C/C.CC.NC(c1ccc(-c2ccccc2)cc1)c1ccc(-c2ccc3ccccc3c2-c2c(Br)ccc3ccccc23)cc1.NN. The Hall–Kier alpha value is -5.10. The summed E-state index contributed by atoms with van der Waals surface area (Å²) in [5, 5.41) is 4.92. The van der Waals surface area contributed by atoms with Gasteiger partial charge in [-0.05, 0) is 87.3 Å². The van der Waals surface area contributed by atoms with Gasteiger partial charge in [-0.1, -0.05) is 199 Å². The van der Waals surface area contributed by atoms with Crippen LogP contribution in [0.25, 0.3) is 54.9 Å². The van der Waals surface area contributed by atoms with Crippen molar-refractivity contribution in [1.82, 2.24) is 0 Å². The molecule has 0 saturated carbocycles. The van der Waals surface area contributed by atoms with Gasteiger partial charge in [-0.3, -0.25) is 11.7 Å². The van der Waals surface area contributed by atoms with Gasteiger partial charge in [0.1, 0.15) is 0 Å². The summed E-state index contributed by atoms with van der Waals surface area (Å²) in [6.45, 7) is 10.1. The summed E-state index contributed by atoms with van der Waals surface area (Å²) in [5.74, 6) is 8.00. The van der Waals surface area contributed by atoms with Gasteiger partial charge in [0.25, 0.3) is 0 Å². The van der Waals surface area contributed by atoms with Crippen LogP contribution < -0.4 is 17.4 Å². The van der Waals surface area contributed by atoms with E-state index in [0.717, 1.165) is 15.6 Å². The third-order valence-corrected chi connectivity index (χ3v) is 9.56. The van der Waals surface area contributed by atoms with Crippen LogP contribution in [0.3, 0.4) is 0 Å². The Morgan fingerprint density at radius 1 is 0.538 bits per heavy atom. The third kappa shape index (κ3) is 9.41. The first-order chi connectivity index (χ1) is 25.5. The summed E-state index contributed by atoms with van der Waals surface area (Å²) in [6, 6.07) is 53.6. The number of benzene rings is 7. The lowest BCUT2D eigenvalue weighted by atomic mass is 9.87. The van der Waals surface area contributed by atoms with Crippen LogP contribution in [0.4, 0.5) is 0 Å². The summed E-state index contributed by atoms with van der Waals surface area (Å²) < 4.78 is 1.09. The van der Waals surface area contributed by atoms with Gasteiger partial charge >= 0.3 is 0 Å². The molecule has 264 valence electrons. The summed E-state index contributed by atoms with van der Waals surface area (Å²) in [6.07, 6.45) is 6.20. The first kappa shape index (κ1) is 39.7. The van der Waals surface area contributed by atoms with Crippen LogP contribution in [-0.2, 0) is 0 Å². The highest BCUT2D eigenvalue weighted by Crippen LogP contribution is 2.44. The zero-order valence-corrected chi connectivity index (χ0v) is 32.4. The van der Waals surface area contributed by atoms with E-state index in [4.69, 9.17) is 5.73 Å². The zero-order valence-electron chi connectivity index (χ0n) is 30.9. The molecule has 7 aromatic rings. The minimum absolute atomic E-state index is 0.197. The van der Waals surface area contributed by atoms with E-state index in [1.165, 1.54) is 60.5 Å². The number of rotatable bonds is 6. The maximum atomic E-state index is 6.77. The standard InChI is InChI=1S/C39H28BrN.C7H12.C2H6.H4N2/c40-36-25-23-29-11-5-7-13-34(29)38(36)37-33-12-6-4-10-28(33)22-24-35(37)30-16-20-32(21-17-30)39(41)31-18-14-27(15-19-31)26-8-2-1-3-9-26;1-4-6-7(3)5-2;2*1-2/h1-25,39H,41H2;4-6H,1-3H3;1-2H3;1-2H2/b;6-4-,7-5-;;. The fraction of sp³-hybridized carbons (Fsp3) is 0.125. The monoisotopic (exact) mass is 747 g/mol. The molecule has 0 spiro atoms. The molecular weight excluding hydrogens is 698 g/mol. The van der Waals surface area contributed by atoms with E-state index in [2.05, 4.69) is 192 Å². The average molecular weight is 749 g/mol. The Bertz CT molecular complexity index is 2220. The van der Waals surface area contributed by atoms with Crippen LogP contribution in [0.5, 0.6) is 0 Å². The van der Waals surface area contributed by atoms with Crippen molar-refractivity contribution in [3.05, 3.63) is 191 Å². The summed E-state index contributed by atoms with van der Waals surface area (Å²) in [5.41, 5.74) is 17.5. The number of halogens is 1. The fourth-order valence-electron chi connectivity index (χ4n) is 6.22. The Labute approximate surface area is 318 Å². The fourth-order valence-corrected chi connectivity index (χ4v) is 6.76. The molecule has 0 heterocycles. The molecule has 3 nitrogen and oxygen atoms in total. The number of hydrogen-bond donors (Lipinski definition) is 3. The lowest BCUT2D eigenvalue weighted by Crippen LogP contribution is -2.11. The molecule has 0 aromatic heterocycles. The molecule has 52 heavy (non-hydrogen) atoms. The minimum atomic E-state index is -0.197. The predicted octanol–water partition coefficient (Wildman–Crippen LogP) is 13.2. The summed E-state index contributed by atoms with van der Waals surface area (Å²) in [4.78, 5) is 0. The van der Waals surface area contributed by atoms with E-state index in [-0.39, 0.29) is 6.04 Å². The molecule has 0 bridgehead atoms. The van der Waals surface area contributed by atoms with Crippen LogP contribution in [0.2, 0.25) is 0 Å². The predicted molar refractivity (Wildman–Crippen MR) is 232 cm³/mol. The number of fused-ring (bicyclic) bond motifs is 2. The van der Waals surface area contributed by atoms with E-state index in [0.29, 0.717) is 0 Å². The highest BCUT2D eigenvalue weighted by atomic mass is 79.9. The van der Waals surface area contributed by atoms with E-state index < -0.39 is 0 Å². The van der Waals surface area contributed by atoms with Crippen LogP contribution >= 0.6 is 15.9 Å². The molecule has 7 aromatic carbocycles. The maximum Gasteiger partial charge on any atom is 0.0551 e. The average Bonchev–Trinajstić information content (AvgIpc) is 3.22. The molecule has 0 fully saturated rings. The van der Waals surface area contributed by atoms with Crippen LogP contribution in [0, 0.1) is 0 Å². The van der Waals surface area contributed by atoms with Gasteiger partial charge < -0.3 is 5.73 Å². The van der Waals surface area contributed by atoms with E-state index in [9.17, 15) is 0 Å². The molecule has 4 heteroatoms. The van der Waals surface area contributed by atoms with Crippen LogP contribution in [0.15, 0.2) is 180 Å². The molecule has 0 amide bonds. The topological polar surface area (TPSA) is 78.1 Å². The molecule has 0 aliphatic carbocycles. The minimum Gasteiger partial charge on any atom is -0.320 e. The molecule has 7 rings (SSSR count). The van der Waals surface area contributed by atoms with Gasteiger partial charge in [-0.15, -0.1) is 0 Å². The van der Waals surface area contributed by atoms with Gasteiger partial charge in [-0.2, -0.15) is 0 Å². The molecule has 6 N–H and O–H groups in total. The largest absolute Gasteiger partial charge is 0.320 e. The first-order valence-electron chi connectivity index (χ1n) is 17.8. The Balaban J connectivity index is 0.000000489. The maximum absolute atomic E-state index is 6.77. The Kier molecular flexibility index (Phi) is 15.3. The van der Waals surface area contributed by atoms with Crippen LogP contribution in [-0.4, -0.2) is 0 Å². The second-order valence-corrected chi connectivity index (χ2v) is 12.8. The summed E-state index contributed by atoms with van der Waals surface area (Å²) in [7, 11) is 0. The van der Waals surface area contributed by atoms with E-state index >= 15 is 0 Å². The van der Waals surface area contributed by atoms with Crippen molar-refractivity contribution >= 4 is 37.5 Å². The van der Waals surface area contributed by atoms with Crippen molar-refractivity contribution in [3.8, 4) is 33.4 Å². The van der Waals surface area contributed by atoms with E-state index in [1.807, 2.05) is 39.8 Å². The summed E-state index contributed by atoms with van der Waals surface area (Å²) >= 11 is 3.91. The van der Waals surface area contributed by atoms with Crippen molar-refractivity contribution in [2.24, 2.45) is 17.4 Å². The van der Waals surface area contributed by atoms with Crippen molar-refractivity contribution < 1.29 is 0 Å². The number of hydrogen-bond acceptors (Lipinski definition) is 3. The number of nitrogens with two attached hydrogens (primary N) is 3. The molecule has 0 aliphatic heterocycles. The Morgan fingerprint density at radius 2 is 1.00 bits per heavy atom. The molecular formula is C48H50BrN3. The molecule has 0 aliphatic rings. The van der Waals surface area contributed by atoms with E-state index in [1.54, 1.807) is 0 Å². The second kappa shape index (κ2) is 20.1. The highest BCUT2D eigenvalue weighted by molar-refractivity contribution is 9.10. The van der Waals surface area contributed by atoms with Crippen molar-refractivity contribution in [2.45, 2.75) is 40.7 Å². The van der Waals surface area contributed by atoms with Gasteiger partial charge in [0.05, 0.1) is 6.04 Å². The van der Waals surface area contributed by atoms with Crippen molar-refractivity contribution in [2.75, 3.05) is 0 Å². The van der Waals surface area contributed by atoms with Gasteiger partial charge in [0.15, 0.2) is 0 Å². The highest BCUT2D eigenvalue weighted by Gasteiger charge is 2.18.